The standard InChI is InChI=1S/C19H25N3O2S/c1-22-11-14(10-20-22)18(13-7-15(23)8-13)21-19(24)17-9-12-5-3-2-4-6-16(12)25-17/h9-11,13,15,18,23H,2-8H2,1H3,(H,21,24)/t13?,15?,18-/m1/s1. The van der Waals surface area contributed by atoms with Crippen molar-refractivity contribution in [1.82, 2.24) is 15.1 Å². The first-order chi connectivity index (χ1) is 12.1. The molecule has 0 unspecified atom stereocenters. The van der Waals surface area contributed by atoms with E-state index in [9.17, 15) is 9.90 Å². The molecule has 2 aromatic rings. The van der Waals surface area contributed by atoms with Crippen molar-refractivity contribution < 1.29 is 9.90 Å². The number of nitrogens with one attached hydrogen (secondary N) is 1. The average molecular weight is 359 g/mol. The molecule has 1 fully saturated rings. The summed E-state index contributed by atoms with van der Waals surface area (Å²) < 4.78 is 1.76. The number of hydrogen-bond donors (Lipinski definition) is 2. The van der Waals surface area contributed by atoms with E-state index in [4.69, 9.17) is 0 Å². The monoisotopic (exact) mass is 359 g/mol. The summed E-state index contributed by atoms with van der Waals surface area (Å²) in [5.41, 5.74) is 2.38. The molecule has 4 rings (SSSR count). The Balaban J connectivity index is 1.52. The van der Waals surface area contributed by atoms with Crippen molar-refractivity contribution in [3.63, 3.8) is 0 Å². The molecule has 2 aromatic heterocycles. The Morgan fingerprint density at radius 3 is 2.88 bits per heavy atom. The zero-order valence-corrected chi connectivity index (χ0v) is 15.4. The molecule has 5 nitrogen and oxygen atoms in total. The number of amides is 1. The van der Waals surface area contributed by atoms with Crippen LogP contribution in [0.15, 0.2) is 18.5 Å². The fourth-order valence-corrected chi connectivity index (χ4v) is 5.12. The lowest BCUT2D eigenvalue weighted by molar-refractivity contribution is 0.0235. The van der Waals surface area contributed by atoms with Gasteiger partial charge in [-0.05, 0) is 56.1 Å². The third-order valence-electron chi connectivity index (χ3n) is 5.46. The number of rotatable bonds is 4. The molecule has 2 heterocycles. The highest BCUT2D eigenvalue weighted by Crippen LogP contribution is 2.38. The summed E-state index contributed by atoms with van der Waals surface area (Å²) in [4.78, 5) is 15.1. The van der Waals surface area contributed by atoms with Crippen LogP contribution in [0.1, 0.15) is 63.8 Å². The number of aryl methyl sites for hydroxylation is 3. The van der Waals surface area contributed by atoms with Gasteiger partial charge in [0.15, 0.2) is 0 Å². The Hall–Kier alpha value is -1.66. The Labute approximate surface area is 152 Å². The maximum absolute atomic E-state index is 12.9. The summed E-state index contributed by atoms with van der Waals surface area (Å²) >= 11 is 1.65. The van der Waals surface area contributed by atoms with Gasteiger partial charge in [0, 0.05) is 23.7 Å². The van der Waals surface area contributed by atoms with Crippen LogP contribution in [0.5, 0.6) is 0 Å². The first-order valence-corrected chi connectivity index (χ1v) is 10.0. The zero-order valence-electron chi connectivity index (χ0n) is 14.6. The highest BCUT2D eigenvalue weighted by atomic mass is 32.1. The van der Waals surface area contributed by atoms with E-state index in [0.717, 1.165) is 36.1 Å². The van der Waals surface area contributed by atoms with Gasteiger partial charge in [-0.15, -0.1) is 11.3 Å². The number of hydrogen-bond acceptors (Lipinski definition) is 4. The molecule has 1 saturated carbocycles. The number of carbonyl (C=O) groups excluding carboxylic acids is 1. The lowest BCUT2D eigenvalue weighted by Gasteiger charge is -2.37. The van der Waals surface area contributed by atoms with Crippen molar-refractivity contribution in [2.24, 2.45) is 13.0 Å². The highest BCUT2D eigenvalue weighted by Gasteiger charge is 2.36. The van der Waals surface area contributed by atoms with Crippen LogP contribution >= 0.6 is 11.3 Å². The predicted octanol–water partition coefficient (Wildman–Crippen LogP) is 2.99. The molecule has 0 bridgehead atoms. The van der Waals surface area contributed by atoms with Crippen LogP contribution in [0.3, 0.4) is 0 Å². The van der Waals surface area contributed by atoms with Crippen molar-refractivity contribution in [3.05, 3.63) is 39.3 Å². The van der Waals surface area contributed by atoms with E-state index >= 15 is 0 Å². The zero-order chi connectivity index (χ0) is 17.4. The first-order valence-electron chi connectivity index (χ1n) is 9.19. The highest BCUT2D eigenvalue weighted by molar-refractivity contribution is 7.14. The van der Waals surface area contributed by atoms with E-state index < -0.39 is 0 Å². The third-order valence-corrected chi connectivity index (χ3v) is 6.70. The summed E-state index contributed by atoms with van der Waals surface area (Å²) in [5, 5.41) is 17.1. The van der Waals surface area contributed by atoms with Gasteiger partial charge in [0.25, 0.3) is 5.91 Å². The molecule has 6 heteroatoms. The maximum atomic E-state index is 12.9. The fraction of sp³-hybridized carbons (Fsp3) is 0.579. The van der Waals surface area contributed by atoms with Gasteiger partial charge in [-0.3, -0.25) is 9.48 Å². The van der Waals surface area contributed by atoms with Crippen LogP contribution in [-0.4, -0.2) is 26.9 Å². The van der Waals surface area contributed by atoms with E-state index in [0.29, 0.717) is 0 Å². The van der Waals surface area contributed by atoms with Gasteiger partial charge in [0.2, 0.25) is 0 Å². The number of aromatic nitrogens is 2. The minimum atomic E-state index is -0.237. The first kappa shape index (κ1) is 16.8. The van der Waals surface area contributed by atoms with Crippen molar-refractivity contribution in [2.45, 2.75) is 57.1 Å². The Bertz CT molecular complexity index is 737. The smallest absolute Gasteiger partial charge is 0.261 e. The maximum Gasteiger partial charge on any atom is 0.261 e. The summed E-state index contributed by atoms with van der Waals surface area (Å²) in [6.45, 7) is 0. The lowest BCUT2D eigenvalue weighted by atomic mass is 9.75. The second-order valence-corrected chi connectivity index (χ2v) is 8.54. The molecule has 0 aromatic carbocycles. The number of aliphatic hydroxyl groups is 1. The van der Waals surface area contributed by atoms with Gasteiger partial charge in [0.1, 0.15) is 0 Å². The number of aliphatic hydroxyl groups excluding tert-OH is 1. The molecular formula is C19H25N3O2S. The minimum absolute atomic E-state index is 0.00770. The topological polar surface area (TPSA) is 67.2 Å². The molecule has 0 saturated heterocycles. The molecule has 2 aliphatic rings. The third kappa shape index (κ3) is 3.51. The average Bonchev–Trinajstić information content (AvgIpc) is 3.11. The number of thiophene rings is 1. The van der Waals surface area contributed by atoms with Gasteiger partial charge in [-0.1, -0.05) is 6.42 Å². The van der Waals surface area contributed by atoms with Crippen molar-refractivity contribution in [3.8, 4) is 0 Å². The van der Waals surface area contributed by atoms with Gasteiger partial charge in [0.05, 0.1) is 23.2 Å². The van der Waals surface area contributed by atoms with Crippen LogP contribution in [-0.2, 0) is 19.9 Å². The van der Waals surface area contributed by atoms with E-state index in [1.54, 1.807) is 16.0 Å². The van der Waals surface area contributed by atoms with Gasteiger partial charge >= 0.3 is 0 Å². The molecule has 0 radical (unpaired) electrons. The molecule has 134 valence electrons. The Morgan fingerprint density at radius 2 is 2.16 bits per heavy atom. The largest absolute Gasteiger partial charge is 0.393 e. The summed E-state index contributed by atoms with van der Waals surface area (Å²) in [6, 6.07) is 2.02. The molecule has 1 atom stereocenters. The lowest BCUT2D eigenvalue weighted by Crippen LogP contribution is -2.41. The van der Waals surface area contributed by atoms with Crippen LogP contribution in [0.4, 0.5) is 0 Å². The summed E-state index contributed by atoms with van der Waals surface area (Å²) in [6.07, 6.45) is 11.0. The van der Waals surface area contributed by atoms with Crippen LogP contribution in [0.25, 0.3) is 0 Å². The molecule has 2 aliphatic carbocycles. The van der Waals surface area contributed by atoms with Crippen molar-refractivity contribution >= 4 is 17.2 Å². The molecule has 0 aliphatic heterocycles. The predicted molar refractivity (Wildman–Crippen MR) is 97.7 cm³/mol. The molecule has 2 N–H and O–H groups in total. The van der Waals surface area contributed by atoms with Gasteiger partial charge < -0.3 is 10.4 Å². The minimum Gasteiger partial charge on any atom is -0.393 e. The number of nitrogens with zero attached hydrogens (tertiary/aromatic N) is 2. The van der Waals surface area contributed by atoms with E-state index in [-0.39, 0.29) is 24.0 Å². The number of fused-ring (bicyclic) bond motifs is 1. The van der Waals surface area contributed by atoms with E-state index in [2.05, 4.69) is 16.5 Å². The second-order valence-electron chi connectivity index (χ2n) is 7.40. The molecule has 25 heavy (non-hydrogen) atoms. The fourth-order valence-electron chi connectivity index (χ4n) is 3.97. The molecular weight excluding hydrogens is 334 g/mol. The van der Waals surface area contributed by atoms with E-state index in [1.807, 2.05) is 19.4 Å². The number of carbonyl (C=O) groups is 1. The van der Waals surface area contributed by atoms with Crippen LogP contribution in [0.2, 0.25) is 0 Å². The van der Waals surface area contributed by atoms with Crippen LogP contribution < -0.4 is 5.32 Å². The van der Waals surface area contributed by atoms with Crippen molar-refractivity contribution in [1.29, 1.82) is 0 Å². The Morgan fingerprint density at radius 1 is 1.36 bits per heavy atom. The van der Waals surface area contributed by atoms with Gasteiger partial charge in [-0.25, -0.2) is 0 Å². The quantitative estimate of drug-likeness (QED) is 0.825. The van der Waals surface area contributed by atoms with Gasteiger partial charge in [-0.2, -0.15) is 5.10 Å². The van der Waals surface area contributed by atoms with Crippen molar-refractivity contribution in [2.75, 3.05) is 0 Å². The molecule has 1 amide bonds. The normalized spacial score (nSPS) is 24.1. The van der Waals surface area contributed by atoms with E-state index in [1.165, 1.54) is 29.7 Å². The summed E-state index contributed by atoms with van der Waals surface area (Å²) in [7, 11) is 1.88. The SMILES string of the molecule is Cn1cc([C@H](NC(=O)c2cc3c(s2)CCCCC3)C2CC(O)C2)cn1. The summed E-state index contributed by atoms with van der Waals surface area (Å²) in [5.74, 6) is 0.286. The second kappa shape index (κ2) is 6.92. The van der Waals surface area contributed by atoms with Crippen LogP contribution in [0, 0.1) is 5.92 Å². The molecule has 0 spiro atoms. The Kier molecular flexibility index (Phi) is 4.65.